The molecule has 0 aliphatic carbocycles. The fourth-order valence-corrected chi connectivity index (χ4v) is 4.38. The molecule has 1 saturated heterocycles. The molecular formula is C25H31N5O2. The summed E-state index contributed by atoms with van der Waals surface area (Å²) < 4.78 is 11.4. The summed E-state index contributed by atoms with van der Waals surface area (Å²) in [5, 5.41) is 0. The van der Waals surface area contributed by atoms with Crippen LogP contribution in [0.15, 0.2) is 48.9 Å². The Morgan fingerprint density at radius 3 is 2.41 bits per heavy atom. The van der Waals surface area contributed by atoms with Crippen molar-refractivity contribution in [2.24, 2.45) is 0 Å². The molecule has 0 bridgehead atoms. The number of likely N-dealkylation sites (tertiary alicyclic amines) is 1. The van der Waals surface area contributed by atoms with Gasteiger partial charge in [0.15, 0.2) is 0 Å². The van der Waals surface area contributed by atoms with E-state index in [0.717, 1.165) is 47.8 Å². The molecule has 0 amide bonds. The van der Waals surface area contributed by atoms with E-state index >= 15 is 0 Å². The topological polar surface area (TPSA) is 63.6 Å². The summed E-state index contributed by atoms with van der Waals surface area (Å²) >= 11 is 0. The van der Waals surface area contributed by atoms with Crippen LogP contribution in [-0.2, 0) is 6.54 Å². The molecule has 0 N–H and O–H groups in total. The monoisotopic (exact) mass is 433 g/mol. The maximum Gasteiger partial charge on any atom is 0.225 e. The van der Waals surface area contributed by atoms with Crippen molar-refractivity contribution in [1.29, 1.82) is 0 Å². The van der Waals surface area contributed by atoms with Crippen molar-refractivity contribution in [3.63, 3.8) is 0 Å². The molecule has 0 spiro atoms. The predicted molar refractivity (Wildman–Crippen MR) is 126 cm³/mol. The molecule has 0 saturated carbocycles. The number of hydrogen-bond acceptors (Lipinski definition) is 7. The number of pyridine rings is 1. The molecular weight excluding hydrogens is 402 g/mol. The molecule has 1 atom stereocenters. The average Bonchev–Trinajstić information content (AvgIpc) is 2.84. The zero-order chi connectivity index (χ0) is 22.5. The lowest BCUT2D eigenvalue weighted by Crippen LogP contribution is -2.34. The third kappa shape index (κ3) is 4.53. The van der Waals surface area contributed by atoms with Gasteiger partial charge in [-0.15, -0.1) is 0 Å². The van der Waals surface area contributed by atoms with Crippen molar-refractivity contribution in [2.75, 3.05) is 39.8 Å². The maximum absolute atomic E-state index is 5.72. The van der Waals surface area contributed by atoms with E-state index in [1.54, 1.807) is 14.2 Å². The van der Waals surface area contributed by atoms with Gasteiger partial charge in [0.2, 0.25) is 5.95 Å². The molecule has 168 valence electrons. The molecule has 7 heteroatoms. The van der Waals surface area contributed by atoms with Gasteiger partial charge in [-0.3, -0.25) is 9.88 Å². The van der Waals surface area contributed by atoms with Crippen LogP contribution in [0, 0.1) is 0 Å². The average molecular weight is 434 g/mol. The van der Waals surface area contributed by atoms with Crippen LogP contribution in [0.2, 0.25) is 0 Å². The van der Waals surface area contributed by atoms with Crippen molar-refractivity contribution in [1.82, 2.24) is 19.9 Å². The summed E-state index contributed by atoms with van der Waals surface area (Å²) in [5.41, 5.74) is 4.12. The van der Waals surface area contributed by atoms with Gasteiger partial charge in [0, 0.05) is 44.8 Å². The Labute approximate surface area is 190 Å². The molecule has 32 heavy (non-hydrogen) atoms. The smallest absolute Gasteiger partial charge is 0.225 e. The van der Waals surface area contributed by atoms with Gasteiger partial charge < -0.3 is 14.4 Å². The van der Waals surface area contributed by atoms with Crippen LogP contribution in [0.5, 0.6) is 11.5 Å². The van der Waals surface area contributed by atoms with Gasteiger partial charge in [0.05, 0.1) is 31.5 Å². The fraction of sp³-hybridized carbons (Fsp3) is 0.400. The summed E-state index contributed by atoms with van der Waals surface area (Å²) in [6.45, 7) is 1.88. The van der Waals surface area contributed by atoms with Crippen LogP contribution >= 0.6 is 0 Å². The van der Waals surface area contributed by atoms with E-state index in [-0.39, 0.29) is 6.04 Å². The maximum atomic E-state index is 5.72. The summed E-state index contributed by atoms with van der Waals surface area (Å²) in [6.07, 6.45) is 9.01. The van der Waals surface area contributed by atoms with Crippen LogP contribution in [-0.4, -0.2) is 54.7 Å². The molecule has 0 unspecified atom stereocenters. The minimum atomic E-state index is 0.170. The lowest BCUT2D eigenvalue weighted by Gasteiger charge is -2.36. The lowest BCUT2D eigenvalue weighted by atomic mass is 9.92. The molecule has 1 aliphatic heterocycles. The van der Waals surface area contributed by atoms with Gasteiger partial charge in [0.25, 0.3) is 0 Å². The van der Waals surface area contributed by atoms with Crippen molar-refractivity contribution < 1.29 is 9.47 Å². The van der Waals surface area contributed by atoms with Crippen molar-refractivity contribution >= 4 is 5.95 Å². The Morgan fingerprint density at radius 1 is 1.03 bits per heavy atom. The van der Waals surface area contributed by atoms with Gasteiger partial charge in [-0.1, -0.05) is 12.5 Å². The first-order valence-corrected chi connectivity index (χ1v) is 11.0. The number of hydrogen-bond donors (Lipinski definition) is 0. The Morgan fingerprint density at radius 2 is 1.75 bits per heavy atom. The second kappa shape index (κ2) is 9.96. The molecule has 2 aromatic heterocycles. The Kier molecular flexibility index (Phi) is 6.85. The molecule has 1 fully saturated rings. The van der Waals surface area contributed by atoms with Crippen molar-refractivity contribution in [2.45, 2.75) is 31.8 Å². The summed E-state index contributed by atoms with van der Waals surface area (Å²) in [7, 11) is 7.31. The molecule has 4 rings (SSSR count). The van der Waals surface area contributed by atoms with E-state index < -0.39 is 0 Å². The summed E-state index contributed by atoms with van der Waals surface area (Å²) in [5.74, 6) is 2.21. The first-order chi connectivity index (χ1) is 15.6. The highest BCUT2D eigenvalue weighted by Crippen LogP contribution is 2.43. The fourth-order valence-electron chi connectivity index (χ4n) is 4.38. The van der Waals surface area contributed by atoms with E-state index in [1.165, 1.54) is 18.4 Å². The SMILES string of the molecule is COc1cccc(OC)c1-c1cnc(N(C)C)nc1[C@@H]1CCCCN1Cc1ccncc1. The zero-order valence-corrected chi connectivity index (χ0v) is 19.3. The van der Waals surface area contributed by atoms with Crippen molar-refractivity contribution in [3.8, 4) is 22.6 Å². The predicted octanol–water partition coefficient (Wildman–Crippen LogP) is 4.35. The number of rotatable bonds is 7. The third-order valence-electron chi connectivity index (χ3n) is 5.97. The van der Waals surface area contributed by atoms with E-state index in [2.05, 4.69) is 27.0 Å². The minimum absolute atomic E-state index is 0.170. The largest absolute Gasteiger partial charge is 0.496 e. The van der Waals surface area contributed by atoms with Gasteiger partial charge in [-0.25, -0.2) is 9.97 Å². The Balaban J connectivity index is 1.84. The highest BCUT2D eigenvalue weighted by Gasteiger charge is 2.30. The molecule has 1 aromatic carbocycles. The number of piperidine rings is 1. The first kappa shape index (κ1) is 22.0. The van der Waals surface area contributed by atoms with Gasteiger partial charge in [-0.05, 0) is 49.2 Å². The van der Waals surface area contributed by atoms with Crippen LogP contribution in [0.1, 0.15) is 36.6 Å². The van der Waals surface area contributed by atoms with E-state index in [9.17, 15) is 0 Å². The normalized spacial score (nSPS) is 16.6. The highest BCUT2D eigenvalue weighted by atomic mass is 16.5. The second-order valence-corrected chi connectivity index (χ2v) is 8.24. The summed E-state index contributed by atoms with van der Waals surface area (Å²) in [6, 6.07) is 10.2. The molecule has 3 aromatic rings. The van der Waals surface area contributed by atoms with E-state index in [1.807, 2.05) is 55.8 Å². The Hall–Kier alpha value is -3.19. The van der Waals surface area contributed by atoms with Crippen LogP contribution in [0.4, 0.5) is 5.95 Å². The van der Waals surface area contributed by atoms with Crippen LogP contribution < -0.4 is 14.4 Å². The van der Waals surface area contributed by atoms with E-state index in [0.29, 0.717) is 5.95 Å². The van der Waals surface area contributed by atoms with Gasteiger partial charge >= 0.3 is 0 Å². The quantitative estimate of drug-likeness (QED) is 0.549. The molecule has 3 heterocycles. The second-order valence-electron chi connectivity index (χ2n) is 8.24. The number of nitrogens with zero attached hydrogens (tertiary/aromatic N) is 5. The number of anilines is 1. The molecule has 7 nitrogen and oxygen atoms in total. The van der Waals surface area contributed by atoms with Crippen molar-refractivity contribution in [3.05, 3.63) is 60.2 Å². The Bertz CT molecular complexity index is 1020. The van der Waals surface area contributed by atoms with Gasteiger partial charge in [-0.2, -0.15) is 0 Å². The standard InChI is InChI=1S/C25H31N5O2/c1-29(2)25-27-16-19(23-21(31-3)9-7-10-22(23)32-4)24(28-25)20-8-5-6-15-30(20)17-18-11-13-26-14-12-18/h7,9-14,16,20H,5-6,8,15,17H2,1-4H3/t20-/m0/s1. The van der Waals surface area contributed by atoms with Gasteiger partial charge in [0.1, 0.15) is 11.5 Å². The molecule has 0 radical (unpaired) electrons. The number of methoxy groups -OCH3 is 2. The summed E-state index contributed by atoms with van der Waals surface area (Å²) in [4.78, 5) is 18.3. The lowest BCUT2D eigenvalue weighted by molar-refractivity contribution is 0.137. The van der Waals surface area contributed by atoms with Crippen LogP contribution in [0.3, 0.4) is 0 Å². The zero-order valence-electron chi connectivity index (χ0n) is 19.3. The highest BCUT2D eigenvalue weighted by molar-refractivity contribution is 5.78. The first-order valence-electron chi connectivity index (χ1n) is 11.0. The number of benzene rings is 1. The van der Waals surface area contributed by atoms with Crippen LogP contribution in [0.25, 0.3) is 11.1 Å². The van der Waals surface area contributed by atoms with E-state index in [4.69, 9.17) is 14.5 Å². The number of aromatic nitrogens is 3. The minimum Gasteiger partial charge on any atom is -0.496 e. The number of ether oxygens (including phenoxy) is 2. The molecule has 1 aliphatic rings. The third-order valence-corrected chi connectivity index (χ3v) is 5.97.